The van der Waals surface area contributed by atoms with Crippen molar-refractivity contribution >= 4 is 27.0 Å². The van der Waals surface area contributed by atoms with E-state index in [-0.39, 0.29) is 10.9 Å². The van der Waals surface area contributed by atoms with Gasteiger partial charge in [-0.15, -0.1) is 0 Å². The van der Waals surface area contributed by atoms with Crippen LogP contribution in [0.1, 0.15) is 18.5 Å². The summed E-state index contributed by atoms with van der Waals surface area (Å²) < 4.78 is 22.6. The molecule has 0 fully saturated rings. The first-order chi connectivity index (χ1) is 8.47. The maximum Gasteiger partial charge on any atom is 0.238 e. The van der Waals surface area contributed by atoms with Gasteiger partial charge >= 0.3 is 0 Å². The smallest absolute Gasteiger partial charge is 0.238 e. The molecule has 0 spiro atoms. The standard InChI is InChI=1S/C12H14N2O2S2/c1-9(14-11-5-6-17-8-11)10-3-2-4-12(7-10)18(13,15)16/h2-9,14H,1H3,(H2,13,15,16). The molecule has 0 saturated heterocycles. The Bertz CT molecular complexity index is 621. The van der Waals surface area contributed by atoms with Crippen LogP contribution in [0.4, 0.5) is 5.69 Å². The normalized spacial score (nSPS) is 13.2. The van der Waals surface area contributed by atoms with Gasteiger partial charge in [0, 0.05) is 17.1 Å². The third-order valence-corrected chi connectivity index (χ3v) is 4.19. The van der Waals surface area contributed by atoms with Crippen LogP contribution in [0, 0.1) is 0 Å². The van der Waals surface area contributed by atoms with Gasteiger partial charge < -0.3 is 5.32 Å². The highest BCUT2D eigenvalue weighted by Crippen LogP contribution is 2.22. The average molecular weight is 282 g/mol. The lowest BCUT2D eigenvalue weighted by molar-refractivity contribution is 0.597. The zero-order valence-electron chi connectivity index (χ0n) is 9.83. The van der Waals surface area contributed by atoms with Crippen molar-refractivity contribution in [1.29, 1.82) is 0 Å². The maximum absolute atomic E-state index is 11.3. The molecule has 1 aromatic carbocycles. The summed E-state index contributed by atoms with van der Waals surface area (Å²) in [6.45, 7) is 1.97. The number of nitrogens with two attached hydrogens (primary N) is 1. The van der Waals surface area contributed by atoms with Crippen LogP contribution >= 0.6 is 11.3 Å². The number of hydrogen-bond donors (Lipinski definition) is 2. The molecular formula is C12H14N2O2S2. The molecule has 1 heterocycles. The van der Waals surface area contributed by atoms with E-state index in [0.29, 0.717) is 0 Å². The minimum Gasteiger partial charge on any atom is -0.378 e. The van der Waals surface area contributed by atoms with Crippen LogP contribution in [0.3, 0.4) is 0 Å². The predicted octanol–water partition coefficient (Wildman–Crippen LogP) is 2.57. The molecule has 0 aliphatic heterocycles. The quantitative estimate of drug-likeness (QED) is 0.905. The van der Waals surface area contributed by atoms with Gasteiger partial charge in [0.1, 0.15) is 0 Å². The first-order valence-electron chi connectivity index (χ1n) is 5.38. The van der Waals surface area contributed by atoms with E-state index in [1.54, 1.807) is 23.5 Å². The van der Waals surface area contributed by atoms with E-state index in [1.807, 2.05) is 29.8 Å². The Morgan fingerprint density at radius 3 is 2.72 bits per heavy atom. The molecule has 2 aromatic rings. The van der Waals surface area contributed by atoms with Gasteiger partial charge in [-0.1, -0.05) is 12.1 Å². The fourth-order valence-electron chi connectivity index (χ4n) is 1.64. The first kappa shape index (κ1) is 13.1. The summed E-state index contributed by atoms with van der Waals surface area (Å²) >= 11 is 1.61. The molecule has 0 radical (unpaired) electrons. The Kier molecular flexibility index (Phi) is 3.70. The number of benzene rings is 1. The number of rotatable bonds is 4. The monoisotopic (exact) mass is 282 g/mol. The molecule has 96 valence electrons. The third-order valence-electron chi connectivity index (χ3n) is 2.59. The number of thiophene rings is 1. The maximum atomic E-state index is 11.3. The molecule has 0 aliphatic carbocycles. The summed E-state index contributed by atoms with van der Waals surface area (Å²) in [5, 5.41) is 12.4. The number of sulfonamides is 1. The lowest BCUT2D eigenvalue weighted by Crippen LogP contribution is -2.13. The van der Waals surface area contributed by atoms with Gasteiger partial charge in [-0.25, -0.2) is 13.6 Å². The van der Waals surface area contributed by atoms with E-state index in [2.05, 4.69) is 5.32 Å². The van der Waals surface area contributed by atoms with E-state index in [4.69, 9.17) is 5.14 Å². The molecular weight excluding hydrogens is 268 g/mol. The van der Waals surface area contributed by atoms with E-state index >= 15 is 0 Å². The minimum atomic E-state index is -3.65. The van der Waals surface area contributed by atoms with Gasteiger partial charge in [-0.3, -0.25) is 0 Å². The van der Waals surface area contributed by atoms with Gasteiger partial charge in [0.15, 0.2) is 0 Å². The van der Waals surface area contributed by atoms with E-state index < -0.39 is 10.0 Å². The molecule has 4 nitrogen and oxygen atoms in total. The lowest BCUT2D eigenvalue weighted by Gasteiger charge is -2.15. The van der Waals surface area contributed by atoms with Crippen molar-refractivity contribution in [1.82, 2.24) is 0 Å². The van der Waals surface area contributed by atoms with Gasteiger partial charge in [0.05, 0.1) is 4.90 Å². The second-order valence-electron chi connectivity index (χ2n) is 4.00. The van der Waals surface area contributed by atoms with Crippen LogP contribution in [0.25, 0.3) is 0 Å². The van der Waals surface area contributed by atoms with Crippen molar-refractivity contribution < 1.29 is 8.42 Å². The van der Waals surface area contributed by atoms with Crippen molar-refractivity contribution in [3.05, 3.63) is 46.7 Å². The molecule has 6 heteroatoms. The largest absolute Gasteiger partial charge is 0.378 e. The highest BCUT2D eigenvalue weighted by Gasteiger charge is 2.11. The van der Waals surface area contributed by atoms with Crippen molar-refractivity contribution in [2.45, 2.75) is 17.9 Å². The molecule has 0 bridgehead atoms. The van der Waals surface area contributed by atoms with Crippen LogP contribution in [-0.2, 0) is 10.0 Å². The molecule has 3 N–H and O–H groups in total. The molecule has 1 aromatic heterocycles. The highest BCUT2D eigenvalue weighted by molar-refractivity contribution is 7.89. The lowest BCUT2D eigenvalue weighted by atomic mass is 10.1. The molecule has 1 atom stereocenters. The topological polar surface area (TPSA) is 72.2 Å². The van der Waals surface area contributed by atoms with E-state index in [1.165, 1.54) is 6.07 Å². The molecule has 0 amide bonds. The van der Waals surface area contributed by atoms with Crippen molar-refractivity contribution in [2.24, 2.45) is 5.14 Å². The first-order valence-corrected chi connectivity index (χ1v) is 7.87. The molecule has 2 rings (SSSR count). The summed E-state index contributed by atoms with van der Waals surface area (Å²) in [7, 11) is -3.65. The van der Waals surface area contributed by atoms with Crippen LogP contribution in [-0.4, -0.2) is 8.42 Å². The van der Waals surface area contributed by atoms with Crippen molar-refractivity contribution in [2.75, 3.05) is 5.32 Å². The van der Waals surface area contributed by atoms with Crippen molar-refractivity contribution in [3.8, 4) is 0 Å². The highest BCUT2D eigenvalue weighted by atomic mass is 32.2. The van der Waals surface area contributed by atoms with Gasteiger partial charge in [0.25, 0.3) is 0 Å². The van der Waals surface area contributed by atoms with Gasteiger partial charge in [0.2, 0.25) is 10.0 Å². The number of anilines is 1. The fraction of sp³-hybridized carbons (Fsp3) is 0.167. The Morgan fingerprint density at radius 1 is 1.33 bits per heavy atom. The number of nitrogens with one attached hydrogen (secondary N) is 1. The average Bonchev–Trinajstić information content (AvgIpc) is 2.81. The van der Waals surface area contributed by atoms with Crippen LogP contribution in [0.2, 0.25) is 0 Å². The van der Waals surface area contributed by atoms with Crippen LogP contribution in [0.15, 0.2) is 46.0 Å². The molecule has 18 heavy (non-hydrogen) atoms. The SMILES string of the molecule is CC(Nc1ccsc1)c1cccc(S(N)(=O)=O)c1. The molecule has 0 aliphatic rings. The third kappa shape index (κ3) is 3.10. The zero-order chi connectivity index (χ0) is 13.2. The summed E-state index contributed by atoms with van der Waals surface area (Å²) in [5.41, 5.74) is 1.90. The predicted molar refractivity (Wildman–Crippen MR) is 74.2 cm³/mol. The summed E-state index contributed by atoms with van der Waals surface area (Å²) in [6.07, 6.45) is 0. The number of primary sulfonamides is 1. The fourth-order valence-corrected chi connectivity index (χ4v) is 2.81. The Morgan fingerprint density at radius 2 is 2.11 bits per heavy atom. The van der Waals surface area contributed by atoms with Gasteiger partial charge in [-0.05, 0) is 36.1 Å². The second-order valence-corrected chi connectivity index (χ2v) is 6.34. The van der Waals surface area contributed by atoms with E-state index in [9.17, 15) is 8.42 Å². The Balaban J connectivity index is 2.23. The zero-order valence-corrected chi connectivity index (χ0v) is 11.5. The van der Waals surface area contributed by atoms with Crippen molar-refractivity contribution in [3.63, 3.8) is 0 Å². The molecule has 0 saturated carbocycles. The Labute approximate surface area is 111 Å². The summed E-state index contributed by atoms with van der Waals surface area (Å²) in [6, 6.07) is 8.65. The second kappa shape index (κ2) is 5.09. The minimum absolute atomic E-state index is 0.0151. The Hall–Kier alpha value is -1.37. The van der Waals surface area contributed by atoms with Crippen LogP contribution in [0.5, 0.6) is 0 Å². The number of hydrogen-bond acceptors (Lipinski definition) is 4. The van der Waals surface area contributed by atoms with Gasteiger partial charge in [-0.2, -0.15) is 11.3 Å². The summed E-state index contributed by atoms with van der Waals surface area (Å²) in [5.74, 6) is 0. The van der Waals surface area contributed by atoms with E-state index in [0.717, 1.165) is 11.3 Å². The summed E-state index contributed by atoms with van der Waals surface area (Å²) in [4.78, 5) is 0.138. The van der Waals surface area contributed by atoms with Crippen LogP contribution < -0.4 is 10.5 Å². The molecule has 1 unspecified atom stereocenters.